The van der Waals surface area contributed by atoms with E-state index in [1.807, 2.05) is 33.7 Å². The Morgan fingerprint density at radius 3 is 1.06 bits per heavy atom. The van der Waals surface area contributed by atoms with Crippen LogP contribution in [-0.2, 0) is 10.8 Å². The number of benzene rings is 7. The molecule has 0 amide bonds. The average molecular weight is 1010 g/mol. The summed E-state index contributed by atoms with van der Waals surface area (Å²) in [5.41, 5.74) is 23.0. The van der Waals surface area contributed by atoms with E-state index >= 15 is 0 Å². The van der Waals surface area contributed by atoms with Gasteiger partial charge in [0.1, 0.15) is 10.0 Å². The van der Waals surface area contributed by atoms with Crippen LogP contribution in [0.3, 0.4) is 0 Å². The summed E-state index contributed by atoms with van der Waals surface area (Å²) < 4.78 is 2.58. The Kier molecular flexibility index (Phi) is 8.85. The van der Waals surface area contributed by atoms with Gasteiger partial charge in [-0.05, 0) is 118 Å². The molecule has 0 atom stereocenters. The monoisotopic (exact) mass is 1010 g/mol. The summed E-state index contributed by atoms with van der Waals surface area (Å²) in [6, 6.07) is 57.1. The van der Waals surface area contributed by atoms with E-state index in [0.29, 0.717) is 0 Å². The van der Waals surface area contributed by atoms with Gasteiger partial charge in [0.05, 0.1) is 31.6 Å². The number of aryl methyl sites for hydroxylation is 4. The molecule has 6 aromatic heterocycles. The van der Waals surface area contributed by atoms with Gasteiger partial charge in [-0.25, -0.2) is 19.9 Å². The number of aromatic nitrogens is 4. The van der Waals surface area contributed by atoms with Crippen LogP contribution in [-0.4, -0.2) is 19.9 Å². The van der Waals surface area contributed by atoms with Gasteiger partial charge in [-0.15, -0.1) is 45.3 Å². The van der Waals surface area contributed by atoms with Crippen molar-refractivity contribution in [1.82, 2.24) is 19.9 Å². The summed E-state index contributed by atoms with van der Waals surface area (Å²) in [5.74, 6) is 0. The first kappa shape index (κ1) is 41.3. The van der Waals surface area contributed by atoms with Crippen LogP contribution in [0, 0.1) is 27.7 Å². The molecule has 70 heavy (non-hydrogen) atoms. The van der Waals surface area contributed by atoms with Crippen LogP contribution in [0.5, 0.6) is 0 Å². The molecule has 2 aliphatic carbocycles. The van der Waals surface area contributed by atoms with Crippen LogP contribution >= 0.6 is 68.0 Å². The van der Waals surface area contributed by atoms with Gasteiger partial charge in [-0.3, -0.25) is 0 Å². The zero-order valence-corrected chi connectivity index (χ0v) is 43.1. The van der Waals surface area contributed by atoms with E-state index in [0.717, 1.165) is 29.3 Å². The predicted octanol–water partition coefficient (Wildman–Crippen LogP) is 17.5. The number of fused-ring (bicyclic) bond motifs is 12. The second-order valence-electron chi connectivity index (χ2n) is 18.9. The van der Waals surface area contributed by atoms with Crippen LogP contribution in [0.1, 0.15) is 66.8 Å². The molecule has 0 saturated heterocycles. The zero-order chi connectivity index (χ0) is 46.6. The molecule has 6 heterocycles. The maximum Gasteiger partial charge on any atom is 0.155 e. The summed E-state index contributed by atoms with van der Waals surface area (Å²) in [4.78, 5) is 25.9. The topological polar surface area (TPSA) is 51.6 Å². The second kappa shape index (κ2) is 15.0. The minimum Gasteiger partial charge on any atom is -0.232 e. The first-order chi connectivity index (χ1) is 34.2. The number of rotatable bonds is 6. The summed E-state index contributed by atoms with van der Waals surface area (Å²) in [5, 5.41) is 4.52. The third kappa shape index (κ3) is 5.66. The van der Waals surface area contributed by atoms with Gasteiger partial charge in [-0.2, -0.15) is 0 Å². The fraction of sp³-hybridized carbons (Fsp3) is 0.100. The molecule has 4 nitrogen and oxygen atoms in total. The van der Waals surface area contributed by atoms with E-state index in [9.17, 15) is 0 Å². The molecule has 0 N–H and O–H groups in total. The van der Waals surface area contributed by atoms with E-state index in [1.54, 1.807) is 45.3 Å². The fourth-order valence-electron chi connectivity index (χ4n) is 11.7. The Morgan fingerprint density at radius 1 is 0.357 bits per heavy atom. The van der Waals surface area contributed by atoms with E-state index in [2.05, 4.69) is 183 Å². The van der Waals surface area contributed by atoms with Crippen LogP contribution < -0.4 is 0 Å². The third-order valence-electron chi connectivity index (χ3n) is 14.9. The van der Waals surface area contributed by atoms with Crippen molar-refractivity contribution in [2.45, 2.75) is 38.5 Å². The van der Waals surface area contributed by atoms with Crippen molar-refractivity contribution in [3.63, 3.8) is 0 Å². The normalized spacial score (nSPS) is 14.2. The molecule has 2 aliphatic rings. The van der Waals surface area contributed by atoms with Gasteiger partial charge in [0.2, 0.25) is 0 Å². The molecule has 7 aromatic carbocycles. The smallest absolute Gasteiger partial charge is 0.155 e. The molecule has 13 aromatic rings. The number of thiazole rings is 4. The van der Waals surface area contributed by atoms with Gasteiger partial charge >= 0.3 is 0 Å². The third-order valence-corrected chi connectivity index (χ3v) is 21.2. The van der Waals surface area contributed by atoms with Crippen LogP contribution in [0.15, 0.2) is 157 Å². The first-order valence-electron chi connectivity index (χ1n) is 23.3. The van der Waals surface area contributed by atoms with Crippen LogP contribution in [0.4, 0.5) is 0 Å². The van der Waals surface area contributed by atoms with Crippen LogP contribution in [0.25, 0.3) is 81.5 Å². The Morgan fingerprint density at radius 2 is 0.714 bits per heavy atom. The first-order valence-corrected chi connectivity index (χ1v) is 28.3. The molecule has 0 spiro atoms. The lowest BCUT2D eigenvalue weighted by Crippen LogP contribution is -2.30. The Labute approximate surface area is 428 Å². The molecule has 0 fully saturated rings. The van der Waals surface area contributed by atoms with Gasteiger partial charge < -0.3 is 0 Å². The van der Waals surface area contributed by atoms with Crippen molar-refractivity contribution >= 4 is 108 Å². The van der Waals surface area contributed by atoms with E-state index < -0.39 is 10.8 Å². The predicted molar refractivity (Wildman–Crippen MR) is 299 cm³/mol. The van der Waals surface area contributed by atoms with Gasteiger partial charge in [0, 0.05) is 20.5 Å². The maximum absolute atomic E-state index is 5.12. The minimum absolute atomic E-state index is 0.625. The number of hydrogen-bond donors (Lipinski definition) is 0. The van der Waals surface area contributed by atoms with Crippen molar-refractivity contribution in [1.29, 1.82) is 0 Å². The Bertz CT molecular complexity index is 3850. The van der Waals surface area contributed by atoms with Crippen molar-refractivity contribution in [3.8, 4) is 42.0 Å². The standard InChI is InChI=1S/C60H38N4S6/c1-31-5-15-37(16-6-31)59(38-17-7-32(2)8-18-38)43-23-13-35-25-47(53-63-57-55(69-53)61-29-65-57)67-51(35)49(43)41-28-46-42(27-45(41)59)50-44(60(46,39-19-9-33(3)10-20-39)40-21-11-34(4)12-22-40)24-14-36-26-48(68-52(36)50)54-64-58-56(70-54)62-30-66-58/h5-30H,1-4H3. The van der Waals surface area contributed by atoms with Crippen molar-refractivity contribution in [2.75, 3.05) is 0 Å². The Balaban J connectivity index is 1.10. The SMILES string of the molecule is Cc1ccc(C2(c3ccc(C)cc3)c3cc4c(cc3-c3c2ccc2cc(-c5nc6scnc6s5)sc32)C(c2ccc(C)cc2)(c2ccc(C)cc2)c2ccc3cc(-c5nc6scnc6s5)sc3c2-4)cc1. The fourth-order valence-corrected chi connectivity index (χ4v) is 17.7. The van der Waals surface area contributed by atoms with Gasteiger partial charge in [0.25, 0.3) is 0 Å². The van der Waals surface area contributed by atoms with Gasteiger partial charge in [0.15, 0.2) is 19.3 Å². The quantitative estimate of drug-likeness (QED) is 0.167. The van der Waals surface area contributed by atoms with E-state index in [-0.39, 0.29) is 0 Å². The summed E-state index contributed by atoms with van der Waals surface area (Å²) >= 11 is 10.3. The highest BCUT2D eigenvalue weighted by molar-refractivity contribution is 7.31. The minimum atomic E-state index is -0.625. The molecular formula is C60H38N4S6. The number of nitrogens with zero attached hydrogens (tertiary/aromatic N) is 4. The summed E-state index contributed by atoms with van der Waals surface area (Å²) in [6.07, 6.45) is 0. The molecule has 0 unspecified atom stereocenters. The van der Waals surface area contributed by atoms with Crippen molar-refractivity contribution in [2.24, 2.45) is 0 Å². The lowest BCUT2D eigenvalue weighted by Gasteiger charge is -2.35. The molecule has 15 rings (SSSR count). The highest BCUT2D eigenvalue weighted by Gasteiger charge is 2.52. The molecule has 0 aliphatic heterocycles. The highest BCUT2D eigenvalue weighted by Crippen LogP contribution is 2.65. The molecule has 0 bridgehead atoms. The number of thiophene rings is 2. The summed E-state index contributed by atoms with van der Waals surface area (Å²) in [6.45, 7) is 8.78. The largest absolute Gasteiger partial charge is 0.232 e. The maximum atomic E-state index is 5.12. The number of hydrogen-bond acceptors (Lipinski definition) is 10. The summed E-state index contributed by atoms with van der Waals surface area (Å²) in [7, 11) is 0. The second-order valence-corrected chi connectivity index (χ2v) is 24.6. The van der Waals surface area contributed by atoms with Crippen LogP contribution in [0.2, 0.25) is 0 Å². The molecule has 0 saturated carbocycles. The zero-order valence-electron chi connectivity index (χ0n) is 38.2. The van der Waals surface area contributed by atoms with E-state index in [1.165, 1.54) is 119 Å². The molecule has 0 radical (unpaired) electrons. The lowest BCUT2D eigenvalue weighted by atomic mass is 9.65. The highest BCUT2D eigenvalue weighted by atomic mass is 32.1. The Hall–Kier alpha value is -6.50. The molecular weight excluding hydrogens is 969 g/mol. The lowest BCUT2D eigenvalue weighted by molar-refractivity contribution is 0.758. The van der Waals surface area contributed by atoms with Gasteiger partial charge in [-0.1, -0.05) is 166 Å². The molecule has 10 heteroatoms. The van der Waals surface area contributed by atoms with Crippen molar-refractivity contribution in [3.05, 3.63) is 223 Å². The van der Waals surface area contributed by atoms with E-state index in [4.69, 9.17) is 9.97 Å². The average Bonchev–Trinajstić information content (AvgIpc) is 4.24. The van der Waals surface area contributed by atoms with Crippen molar-refractivity contribution < 1.29 is 0 Å². The molecule has 334 valence electrons.